The summed E-state index contributed by atoms with van der Waals surface area (Å²) in [5, 5.41) is 3.34. The van der Waals surface area contributed by atoms with E-state index >= 15 is 0 Å². The first-order valence-corrected chi connectivity index (χ1v) is 8.32. The number of halogens is 1. The summed E-state index contributed by atoms with van der Waals surface area (Å²) in [6, 6.07) is 11.6. The first-order valence-electron chi connectivity index (χ1n) is 7.94. The summed E-state index contributed by atoms with van der Waals surface area (Å²) in [6.45, 7) is 8.05. The average molecular weight is 333 g/mol. The summed E-state index contributed by atoms with van der Waals surface area (Å²) in [6.07, 6.45) is 1.49. The number of amides is 1. The number of carbonyl (C=O) groups excluding carboxylic acids is 1. The van der Waals surface area contributed by atoms with Crippen molar-refractivity contribution < 1.29 is 9.69 Å². The summed E-state index contributed by atoms with van der Waals surface area (Å²) >= 11 is 5.74. The fourth-order valence-corrected chi connectivity index (χ4v) is 2.57. The van der Waals surface area contributed by atoms with Gasteiger partial charge in [-0.1, -0.05) is 35.9 Å². The van der Waals surface area contributed by atoms with Gasteiger partial charge < -0.3 is 10.2 Å². The summed E-state index contributed by atoms with van der Waals surface area (Å²) in [5.41, 5.74) is 2.95. The third-order valence-corrected chi connectivity index (χ3v) is 4.21. The maximum atomic E-state index is 12.2. The quantitative estimate of drug-likeness (QED) is 0.763. The van der Waals surface area contributed by atoms with Gasteiger partial charge in [-0.25, -0.2) is 4.98 Å². The van der Waals surface area contributed by atoms with Crippen LogP contribution in [0.5, 0.6) is 0 Å². The molecule has 1 aromatic carbocycles. The van der Waals surface area contributed by atoms with E-state index in [2.05, 4.69) is 36.3 Å². The fraction of sp³-hybridized carbons (Fsp3) is 0.333. The highest BCUT2D eigenvalue weighted by molar-refractivity contribution is 6.29. The molecule has 0 unspecified atom stereocenters. The van der Waals surface area contributed by atoms with Crippen LogP contribution in [0.1, 0.15) is 35.3 Å². The van der Waals surface area contributed by atoms with Crippen molar-refractivity contribution in [3.8, 4) is 0 Å². The van der Waals surface area contributed by atoms with E-state index in [-0.39, 0.29) is 5.91 Å². The second-order valence-corrected chi connectivity index (χ2v) is 5.84. The Kier molecular flexibility index (Phi) is 6.56. The number of aromatic nitrogens is 1. The average Bonchev–Trinajstić information content (AvgIpc) is 2.59. The number of carbonyl (C=O) groups is 1. The first kappa shape index (κ1) is 17.4. The predicted molar refractivity (Wildman–Crippen MR) is 92.6 cm³/mol. The minimum atomic E-state index is -0.140. The van der Waals surface area contributed by atoms with Crippen molar-refractivity contribution in [2.24, 2.45) is 0 Å². The summed E-state index contributed by atoms with van der Waals surface area (Å²) in [5.74, 6) is -0.140. The molecule has 122 valence electrons. The van der Waals surface area contributed by atoms with Crippen molar-refractivity contribution in [3.05, 3.63) is 64.4 Å². The van der Waals surface area contributed by atoms with Gasteiger partial charge in [0, 0.05) is 18.3 Å². The van der Waals surface area contributed by atoms with Crippen molar-refractivity contribution in [1.29, 1.82) is 0 Å². The van der Waals surface area contributed by atoms with Crippen LogP contribution in [-0.2, 0) is 13.1 Å². The largest absolute Gasteiger partial charge is 0.348 e. The fourth-order valence-electron chi connectivity index (χ4n) is 2.46. The smallest absolute Gasteiger partial charge is 0.253 e. The zero-order valence-corrected chi connectivity index (χ0v) is 14.4. The SMILES string of the molecule is CC[NH+](CC)Cc1ccccc1CNC(=O)c1ccc(Cl)nc1. The molecule has 23 heavy (non-hydrogen) atoms. The molecule has 4 nitrogen and oxygen atoms in total. The normalized spacial score (nSPS) is 10.8. The molecular weight excluding hydrogens is 310 g/mol. The number of quaternary nitrogens is 1. The molecule has 0 spiro atoms. The minimum absolute atomic E-state index is 0.140. The number of pyridine rings is 1. The van der Waals surface area contributed by atoms with Crippen LogP contribution in [0, 0.1) is 0 Å². The molecule has 2 N–H and O–H groups in total. The van der Waals surface area contributed by atoms with Crippen LogP contribution >= 0.6 is 11.6 Å². The molecule has 0 aliphatic heterocycles. The molecule has 0 aliphatic rings. The molecule has 0 radical (unpaired) electrons. The van der Waals surface area contributed by atoms with E-state index in [4.69, 9.17) is 11.6 Å². The Morgan fingerprint density at radius 3 is 2.43 bits per heavy atom. The van der Waals surface area contributed by atoms with E-state index in [1.807, 2.05) is 12.1 Å². The van der Waals surface area contributed by atoms with Gasteiger partial charge in [-0.05, 0) is 31.5 Å². The molecular formula is C18H23ClN3O+. The standard InChI is InChI=1S/C18H22ClN3O/c1-3-22(4-2)13-16-8-6-5-7-14(16)11-21-18(23)15-9-10-17(19)20-12-15/h5-10,12H,3-4,11,13H2,1-2H3,(H,21,23)/p+1. The van der Waals surface area contributed by atoms with E-state index in [9.17, 15) is 4.79 Å². The molecule has 0 aliphatic carbocycles. The molecule has 2 aromatic rings. The lowest BCUT2D eigenvalue weighted by Gasteiger charge is -2.18. The number of benzene rings is 1. The van der Waals surface area contributed by atoms with E-state index in [0.717, 1.165) is 25.2 Å². The Labute approximate surface area is 142 Å². The van der Waals surface area contributed by atoms with E-state index in [1.165, 1.54) is 16.7 Å². The van der Waals surface area contributed by atoms with Crippen LogP contribution in [0.25, 0.3) is 0 Å². The molecule has 0 saturated heterocycles. The van der Waals surface area contributed by atoms with Gasteiger partial charge in [0.2, 0.25) is 0 Å². The summed E-state index contributed by atoms with van der Waals surface area (Å²) < 4.78 is 0. The second-order valence-electron chi connectivity index (χ2n) is 5.45. The van der Waals surface area contributed by atoms with Gasteiger partial charge in [-0.2, -0.15) is 0 Å². The second kappa shape index (κ2) is 8.65. The Morgan fingerprint density at radius 2 is 1.83 bits per heavy atom. The van der Waals surface area contributed by atoms with Crippen molar-refractivity contribution in [2.75, 3.05) is 13.1 Å². The minimum Gasteiger partial charge on any atom is -0.348 e. The van der Waals surface area contributed by atoms with Crippen LogP contribution in [-0.4, -0.2) is 24.0 Å². The van der Waals surface area contributed by atoms with Crippen LogP contribution in [0.4, 0.5) is 0 Å². The Hall–Kier alpha value is -1.91. The van der Waals surface area contributed by atoms with Gasteiger partial charge in [-0.3, -0.25) is 4.79 Å². The Balaban J connectivity index is 2.02. The van der Waals surface area contributed by atoms with Crippen LogP contribution in [0.3, 0.4) is 0 Å². The van der Waals surface area contributed by atoms with Crippen molar-refractivity contribution in [3.63, 3.8) is 0 Å². The Bertz CT molecular complexity index is 639. The van der Waals surface area contributed by atoms with E-state index < -0.39 is 0 Å². The highest BCUT2D eigenvalue weighted by atomic mass is 35.5. The lowest BCUT2D eigenvalue weighted by atomic mass is 10.1. The molecule has 1 amide bonds. The van der Waals surface area contributed by atoms with Gasteiger partial charge in [0.15, 0.2) is 0 Å². The molecule has 0 fully saturated rings. The molecule has 2 rings (SSSR count). The van der Waals surface area contributed by atoms with Crippen molar-refractivity contribution in [1.82, 2.24) is 10.3 Å². The molecule has 1 heterocycles. The zero-order chi connectivity index (χ0) is 16.7. The van der Waals surface area contributed by atoms with Gasteiger partial charge in [0.25, 0.3) is 5.91 Å². The van der Waals surface area contributed by atoms with Gasteiger partial charge in [0.05, 0.1) is 18.7 Å². The lowest BCUT2D eigenvalue weighted by molar-refractivity contribution is -0.910. The summed E-state index contributed by atoms with van der Waals surface area (Å²) in [4.78, 5) is 17.6. The summed E-state index contributed by atoms with van der Waals surface area (Å²) in [7, 11) is 0. The molecule has 0 atom stereocenters. The number of nitrogens with one attached hydrogen (secondary N) is 2. The lowest BCUT2D eigenvalue weighted by Crippen LogP contribution is -3.10. The highest BCUT2D eigenvalue weighted by Gasteiger charge is 2.11. The predicted octanol–water partition coefficient (Wildman–Crippen LogP) is 2.09. The molecule has 0 bridgehead atoms. The topological polar surface area (TPSA) is 46.4 Å². The maximum Gasteiger partial charge on any atom is 0.253 e. The molecule has 1 aromatic heterocycles. The Morgan fingerprint density at radius 1 is 1.13 bits per heavy atom. The van der Waals surface area contributed by atoms with Gasteiger partial charge >= 0.3 is 0 Å². The van der Waals surface area contributed by atoms with Gasteiger partial charge in [-0.15, -0.1) is 0 Å². The monoisotopic (exact) mass is 332 g/mol. The van der Waals surface area contributed by atoms with Crippen molar-refractivity contribution >= 4 is 17.5 Å². The van der Waals surface area contributed by atoms with E-state index in [1.54, 1.807) is 12.1 Å². The number of hydrogen-bond acceptors (Lipinski definition) is 2. The van der Waals surface area contributed by atoms with E-state index in [0.29, 0.717) is 17.3 Å². The number of rotatable bonds is 7. The van der Waals surface area contributed by atoms with Crippen molar-refractivity contribution in [2.45, 2.75) is 26.9 Å². The van der Waals surface area contributed by atoms with Gasteiger partial charge in [0.1, 0.15) is 11.7 Å². The maximum absolute atomic E-state index is 12.2. The number of hydrogen-bond donors (Lipinski definition) is 2. The van der Waals surface area contributed by atoms with Crippen LogP contribution in [0.2, 0.25) is 5.15 Å². The third-order valence-electron chi connectivity index (χ3n) is 3.99. The number of nitrogens with zero attached hydrogens (tertiary/aromatic N) is 1. The third kappa shape index (κ3) is 5.05. The molecule has 5 heteroatoms. The zero-order valence-electron chi connectivity index (χ0n) is 13.6. The highest BCUT2D eigenvalue weighted by Crippen LogP contribution is 2.09. The molecule has 0 saturated carbocycles. The first-order chi connectivity index (χ1) is 11.1. The van der Waals surface area contributed by atoms with Crippen LogP contribution in [0.15, 0.2) is 42.6 Å². The van der Waals surface area contributed by atoms with Crippen LogP contribution < -0.4 is 10.2 Å².